The van der Waals surface area contributed by atoms with Crippen LogP contribution in [0.1, 0.15) is 47.4 Å². The molecule has 4 heteroatoms. The first kappa shape index (κ1) is 35.8. The Morgan fingerprint density at radius 2 is 1.05 bits per heavy atom. The second-order valence-corrected chi connectivity index (χ2v) is 17.8. The second-order valence-electron chi connectivity index (χ2n) is 16.8. The van der Waals surface area contributed by atoms with E-state index < -0.39 is 0 Å². The fourth-order valence-electron chi connectivity index (χ4n) is 9.71. The number of fused-ring (bicyclic) bond motifs is 8. The molecule has 0 N–H and O–H groups in total. The summed E-state index contributed by atoms with van der Waals surface area (Å²) in [6.07, 6.45) is 4.49. The Labute approximate surface area is 360 Å². The van der Waals surface area contributed by atoms with Gasteiger partial charge in [0.1, 0.15) is 0 Å². The maximum atomic E-state index is 6.55. The van der Waals surface area contributed by atoms with Crippen molar-refractivity contribution in [3.8, 4) is 56.4 Å². The van der Waals surface area contributed by atoms with Crippen LogP contribution in [0.3, 0.4) is 0 Å². The monoisotopic (exact) mass is 803 g/mol. The minimum Gasteiger partial charge on any atom is -0.449 e. The molecule has 9 aromatic rings. The molecule has 61 heavy (non-hydrogen) atoms. The van der Waals surface area contributed by atoms with Crippen LogP contribution >= 0.6 is 11.3 Å². The predicted octanol–water partition coefficient (Wildman–Crippen LogP) is 16.3. The molecule has 2 heterocycles. The number of anilines is 3. The van der Waals surface area contributed by atoms with E-state index in [1.807, 2.05) is 17.4 Å². The summed E-state index contributed by atoms with van der Waals surface area (Å²) in [6, 6.07) is 65.5. The van der Waals surface area contributed by atoms with Gasteiger partial charge in [0, 0.05) is 32.1 Å². The first-order valence-corrected chi connectivity index (χ1v) is 21.9. The number of thiophene rings is 1. The Morgan fingerprint density at radius 3 is 1.80 bits per heavy atom. The van der Waals surface area contributed by atoms with Crippen LogP contribution in [0.5, 0.6) is 23.0 Å². The Kier molecular flexibility index (Phi) is 8.20. The fraction of sp³-hybridized carbons (Fsp3) is 0.0877. The smallest absolute Gasteiger partial charge is 0.170 e. The molecule has 3 nitrogen and oxygen atoms in total. The quantitative estimate of drug-likeness (QED) is 0.167. The van der Waals surface area contributed by atoms with Gasteiger partial charge in [-0.1, -0.05) is 135 Å². The molecule has 0 saturated carbocycles. The van der Waals surface area contributed by atoms with Crippen molar-refractivity contribution in [2.45, 2.75) is 32.1 Å². The molecular formula is C57H41NO2S. The highest BCUT2D eigenvalue weighted by Crippen LogP contribution is 2.52. The Balaban J connectivity index is 0.852. The average molecular weight is 804 g/mol. The normalized spacial score (nSPS) is 14.1. The van der Waals surface area contributed by atoms with Gasteiger partial charge in [-0.2, -0.15) is 0 Å². The lowest BCUT2D eigenvalue weighted by Crippen LogP contribution is -2.16. The molecule has 12 rings (SSSR count). The van der Waals surface area contributed by atoms with E-state index in [0.717, 1.165) is 63.8 Å². The number of nitrogens with zero attached hydrogens (tertiary/aromatic N) is 1. The van der Waals surface area contributed by atoms with Crippen molar-refractivity contribution in [2.75, 3.05) is 4.90 Å². The zero-order chi connectivity index (χ0) is 40.7. The molecule has 2 aliphatic carbocycles. The van der Waals surface area contributed by atoms with E-state index >= 15 is 0 Å². The summed E-state index contributed by atoms with van der Waals surface area (Å²) < 4.78 is 14.4. The number of hydrogen-bond donors (Lipinski definition) is 0. The van der Waals surface area contributed by atoms with Gasteiger partial charge in [0.2, 0.25) is 0 Å². The highest BCUT2D eigenvalue weighted by atomic mass is 32.1. The van der Waals surface area contributed by atoms with Crippen molar-refractivity contribution >= 4 is 44.1 Å². The van der Waals surface area contributed by atoms with Crippen LogP contribution in [0.15, 0.2) is 188 Å². The first-order valence-electron chi connectivity index (χ1n) is 21.1. The van der Waals surface area contributed by atoms with E-state index in [0.29, 0.717) is 5.75 Å². The van der Waals surface area contributed by atoms with Gasteiger partial charge in [-0.3, -0.25) is 0 Å². The summed E-state index contributed by atoms with van der Waals surface area (Å²) in [6.45, 7) is 4.68. The Hall–Kier alpha value is -7.14. The number of benzene rings is 8. The summed E-state index contributed by atoms with van der Waals surface area (Å²) in [5, 5.41) is 1.38. The van der Waals surface area contributed by atoms with Gasteiger partial charge >= 0.3 is 0 Å². The highest BCUT2D eigenvalue weighted by Gasteiger charge is 2.36. The van der Waals surface area contributed by atoms with Gasteiger partial charge in [-0.25, -0.2) is 0 Å². The molecule has 0 saturated heterocycles. The molecule has 0 atom stereocenters. The zero-order valence-corrected chi connectivity index (χ0v) is 34.8. The fourth-order valence-corrected chi connectivity index (χ4v) is 11.0. The largest absolute Gasteiger partial charge is 0.449 e. The topological polar surface area (TPSA) is 21.7 Å². The van der Waals surface area contributed by atoms with Crippen LogP contribution in [0.4, 0.5) is 17.1 Å². The molecule has 1 aliphatic heterocycles. The third-order valence-corrected chi connectivity index (χ3v) is 14.1. The summed E-state index contributed by atoms with van der Waals surface area (Å²) in [7, 11) is 0. The van der Waals surface area contributed by atoms with Crippen LogP contribution in [0.25, 0.3) is 49.0 Å². The SMILES string of the molecule is CC1(C)c2ccccc2-c2ccc(N(c3ccc(-c4ccccc4)cc3)c3ccc(-c4ccc5c(c4)Oc4ccc(C6=CCCc7c6sc6ccccc76)cc4O5)cc3)cc21. The van der Waals surface area contributed by atoms with Crippen molar-refractivity contribution in [3.05, 3.63) is 215 Å². The number of allylic oxidation sites excluding steroid dienone is 1. The highest BCUT2D eigenvalue weighted by molar-refractivity contribution is 7.20. The second kappa shape index (κ2) is 14.0. The maximum absolute atomic E-state index is 6.55. The standard InChI is InChI=1S/C57H41NO2S/c1-57(2)49-17-8-6-13-45(49)46-30-29-43(35-50(46)57)58(41-25-19-37(20-26-41)36-11-4-3-5-12-36)42-27-21-38(22-28-42)39-23-31-51-53(33-39)59-52-32-24-40(34-54(52)60-51)44-15-10-16-48-47-14-7-9-18-55(47)61-56(44)48/h3-9,11-15,17-35H,10,16H2,1-2H3. The molecule has 1 aromatic heterocycles. The molecule has 0 radical (unpaired) electrons. The Morgan fingerprint density at radius 1 is 0.475 bits per heavy atom. The third-order valence-electron chi connectivity index (χ3n) is 12.8. The lowest BCUT2D eigenvalue weighted by molar-refractivity contribution is 0.359. The van der Waals surface area contributed by atoms with Gasteiger partial charge in [0.15, 0.2) is 23.0 Å². The maximum Gasteiger partial charge on any atom is 0.170 e. The minimum absolute atomic E-state index is 0.105. The summed E-state index contributed by atoms with van der Waals surface area (Å²) >= 11 is 1.89. The van der Waals surface area contributed by atoms with Crippen molar-refractivity contribution in [1.82, 2.24) is 0 Å². The first-order chi connectivity index (χ1) is 30.0. The van der Waals surface area contributed by atoms with Gasteiger partial charge in [0.05, 0.1) is 0 Å². The van der Waals surface area contributed by atoms with E-state index in [2.05, 4.69) is 201 Å². The molecule has 0 bridgehead atoms. The molecule has 3 aliphatic rings. The molecule has 0 unspecified atom stereocenters. The zero-order valence-electron chi connectivity index (χ0n) is 34.0. The van der Waals surface area contributed by atoms with Crippen LogP contribution in [0, 0.1) is 0 Å². The number of ether oxygens (including phenoxy) is 2. The van der Waals surface area contributed by atoms with E-state index in [1.165, 1.54) is 59.5 Å². The molecule has 0 amide bonds. The lowest BCUT2D eigenvalue weighted by Gasteiger charge is -2.28. The molecule has 292 valence electrons. The average Bonchev–Trinajstić information content (AvgIpc) is 3.80. The Bertz CT molecular complexity index is 3210. The van der Waals surface area contributed by atoms with Gasteiger partial charge in [0.25, 0.3) is 0 Å². The third kappa shape index (κ3) is 5.93. The van der Waals surface area contributed by atoms with E-state index in [4.69, 9.17) is 9.47 Å². The number of hydrogen-bond acceptors (Lipinski definition) is 4. The van der Waals surface area contributed by atoms with Crippen molar-refractivity contribution < 1.29 is 9.47 Å². The number of rotatable bonds is 6. The lowest BCUT2D eigenvalue weighted by atomic mass is 9.82. The van der Waals surface area contributed by atoms with Gasteiger partial charge < -0.3 is 14.4 Å². The molecule has 8 aromatic carbocycles. The van der Waals surface area contributed by atoms with Crippen LogP contribution < -0.4 is 14.4 Å². The molecular weight excluding hydrogens is 763 g/mol. The van der Waals surface area contributed by atoms with Crippen molar-refractivity contribution in [2.24, 2.45) is 0 Å². The van der Waals surface area contributed by atoms with Crippen molar-refractivity contribution in [1.29, 1.82) is 0 Å². The summed E-state index contributed by atoms with van der Waals surface area (Å²) in [5.74, 6) is 2.91. The van der Waals surface area contributed by atoms with Crippen LogP contribution in [-0.2, 0) is 11.8 Å². The van der Waals surface area contributed by atoms with E-state index in [1.54, 1.807) is 0 Å². The number of aryl methyl sites for hydroxylation is 1. The van der Waals surface area contributed by atoms with Crippen LogP contribution in [-0.4, -0.2) is 0 Å². The van der Waals surface area contributed by atoms with E-state index in [9.17, 15) is 0 Å². The molecule has 0 spiro atoms. The minimum atomic E-state index is -0.105. The van der Waals surface area contributed by atoms with Gasteiger partial charge in [-0.05, 0) is 146 Å². The molecule has 0 fully saturated rings. The van der Waals surface area contributed by atoms with Crippen LogP contribution in [0.2, 0.25) is 0 Å². The van der Waals surface area contributed by atoms with Crippen molar-refractivity contribution in [3.63, 3.8) is 0 Å². The summed E-state index contributed by atoms with van der Waals surface area (Å²) in [5.41, 5.74) is 17.0. The van der Waals surface area contributed by atoms with Gasteiger partial charge in [-0.15, -0.1) is 11.3 Å². The van der Waals surface area contributed by atoms with E-state index in [-0.39, 0.29) is 5.41 Å². The summed E-state index contributed by atoms with van der Waals surface area (Å²) in [4.78, 5) is 3.74. The predicted molar refractivity (Wildman–Crippen MR) is 253 cm³/mol.